The molecule has 0 unspecified atom stereocenters. The van der Waals surface area contributed by atoms with Crippen molar-refractivity contribution >= 4 is 5.91 Å². The topological polar surface area (TPSA) is 77.0 Å². The summed E-state index contributed by atoms with van der Waals surface area (Å²) in [5.41, 5.74) is 1.32. The summed E-state index contributed by atoms with van der Waals surface area (Å²) in [4.78, 5) is 19.1. The number of carbonyl (C=O) groups excluding carboxylic acids is 1. The van der Waals surface area contributed by atoms with Gasteiger partial charge < -0.3 is 9.42 Å². The summed E-state index contributed by atoms with van der Waals surface area (Å²) >= 11 is 0. The molecule has 0 radical (unpaired) electrons. The van der Waals surface area contributed by atoms with E-state index in [1.807, 2.05) is 51.2 Å². The van der Waals surface area contributed by atoms with Gasteiger partial charge >= 0.3 is 0 Å². The fraction of sp³-hybridized carbons (Fsp3) is 0.333. The van der Waals surface area contributed by atoms with Crippen LogP contribution >= 0.6 is 0 Å². The van der Waals surface area contributed by atoms with Crippen LogP contribution in [-0.2, 0) is 6.54 Å². The molecular formula is C18H21N5O2. The number of hydrogen-bond donors (Lipinski definition) is 0. The van der Waals surface area contributed by atoms with Crippen molar-refractivity contribution in [3.05, 3.63) is 60.0 Å². The van der Waals surface area contributed by atoms with Crippen LogP contribution in [0.2, 0.25) is 0 Å². The molecule has 0 aliphatic carbocycles. The molecule has 1 amide bonds. The lowest BCUT2D eigenvalue weighted by atomic mass is 10.1. The second-order valence-corrected chi connectivity index (χ2v) is 5.99. The zero-order chi connectivity index (χ0) is 17.8. The Morgan fingerprint density at radius 2 is 2.08 bits per heavy atom. The second kappa shape index (κ2) is 7.29. The van der Waals surface area contributed by atoms with Crippen LogP contribution < -0.4 is 0 Å². The zero-order valence-corrected chi connectivity index (χ0v) is 14.6. The van der Waals surface area contributed by atoms with Gasteiger partial charge in [-0.25, -0.2) is 4.68 Å². The maximum Gasteiger partial charge on any atom is 0.256 e. The van der Waals surface area contributed by atoms with E-state index in [1.165, 1.54) is 0 Å². The minimum absolute atomic E-state index is 0.0992. The molecule has 0 saturated heterocycles. The van der Waals surface area contributed by atoms with Gasteiger partial charge in [-0.05, 0) is 25.1 Å². The van der Waals surface area contributed by atoms with E-state index in [2.05, 4.69) is 15.2 Å². The van der Waals surface area contributed by atoms with Crippen LogP contribution in [0.25, 0.3) is 5.69 Å². The first kappa shape index (κ1) is 16.9. The first-order valence-corrected chi connectivity index (χ1v) is 8.31. The Bertz CT molecular complexity index is 839. The van der Waals surface area contributed by atoms with Gasteiger partial charge in [-0.2, -0.15) is 10.1 Å². The van der Waals surface area contributed by atoms with Gasteiger partial charge in [0.1, 0.15) is 6.54 Å². The second-order valence-electron chi connectivity index (χ2n) is 5.99. The van der Waals surface area contributed by atoms with E-state index >= 15 is 0 Å². The highest BCUT2D eigenvalue weighted by Gasteiger charge is 2.21. The van der Waals surface area contributed by atoms with Crippen molar-refractivity contribution < 1.29 is 9.32 Å². The van der Waals surface area contributed by atoms with Crippen LogP contribution in [-0.4, -0.2) is 37.3 Å². The summed E-state index contributed by atoms with van der Waals surface area (Å²) in [6, 6.07) is 9.23. The summed E-state index contributed by atoms with van der Waals surface area (Å²) in [6.45, 7) is 6.73. The molecule has 0 saturated carbocycles. The van der Waals surface area contributed by atoms with Crippen molar-refractivity contribution in [3.63, 3.8) is 0 Å². The SMILES string of the molecule is CCN(Cc1nc(C(C)C)no1)C(=O)c1ccccc1-n1cccn1. The van der Waals surface area contributed by atoms with Gasteiger partial charge in [-0.3, -0.25) is 4.79 Å². The number of para-hydroxylation sites is 1. The summed E-state index contributed by atoms with van der Waals surface area (Å²) in [6.07, 6.45) is 3.50. The number of benzene rings is 1. The number of hydrogen-bond acceptors (Lipinski definition) is 5. The minimum Gasteiger partial charge on any atom is -0.337 e. The molecule has 3 rings (SSSR count). The van der Waals surface area contributed by atoms with E-state index in [-0.39, 0.29) is 18.4 Å². The summed E-state index contributed by atoms with van der Waals surface area (Å²) < 4.78 is 6.96. The summed E-state index contributed by atoms with van der Waals surface area (Å²) in [5, 5.41) is 8.18. The Hall–Kier alpha value is -2.96. The quantitative estimate of drug-likeness (QED) is 0.690. The highest BCUT2D eigenvalue weighted by Crippen LogP contribution is 2.18. The lowest BCUT2D eigenvalue weighted by molar-refractivity contribution is 0.0734. The monoisotopic (exact) mass is 339 g/mol. The van der Waals surface area contributed by atoms with E-state index in [4.69, 9.17) is 4.52 Å². The molecule has 0 aliphatic rings. The van der Waals surface area contributed by atoms with Crippen LogP contribution in [0.5, 0.6) is 0 Å². The molecule has 0 aliphatic heterocycles. The highest BCUT2D eigenvalue weighted by atomic mass is 16.5. The molecule has 0 atom stereocenters. The van der Waals surface area contributed by atoms with Crippen LogP contribution in [0.1, 0.15) is 48.8 Å². The van der Waals surface area contributed by atoms with Crippen molar-refractivity contribution in [2.75, 3.05) is 6.54 Å². The van der Waals surface area contributed by atoms with Crippen LogP contribution in [0, 0.1) is 0 Å². The number of rotatable bonds is 6. The van der Waals surface area contributed by atoms with Gasteiger partial charge in [-0.15, -0.1) is 0 Å². The average molecular weight is 339 g/mol. The number of carbonyl (C=O) groups is 1. The Kier molecular flexibility index (Phi) is 4.92. The first-order valence-electron chi connectivity index (χ1n) is 8.31. The highest BCUT2D eigenvalue weighted by molar-refractivity contribution is 5.97. The fourth-order valence-corrected chi connectivity index (χ4v) is 2.49. The van der Waals surface area contributed by atoms with Crippen molar-refractivity contribution in [3.8, 4) is 5.69 Å². The minimum atomic E-state index is -0.0992. The molecule has 2 heterocycles. The molecule has 7 nitrogen and oxygen atoms in total. The van der Waals surface area contributed by atoms with E-state index in [9.17, 15) is 4.79 Å². The molecule has 0 fully saturated rings. The van der Waals surface area contributed by atoms with E-state index in [1.54, 1.807) is 21.8 Å². The third-order valence-electron chi connectivity index (χ3n) is 3.88. The standard InChI is InChI=1S/C18H21N5O2/c1-4-22(12-16-20-17(13(2)3)21-25-16)18(24)14-8-5-6-9-15(14)23-11-7-10-19-23/h5-11,13H,4,12H2,1-3H3. The van der Waals surface area contributed by atoms with Gasteiger partial charge in [0.25, 0.3) is 5.91 Å². The van der Waals surface area contributed by atoms with Crippen molar-refractivity contribution in [1.29, 1.82) is 0 Å². The Labute approximate surface area is 146 Å². The molecule has 25 heavy (non-hydrogen) atoms. The molecule has 0 bridgehead atoms. The Morgan fingerprint density at radius 3 is 2.72 bits per heavy atom. The lowest BCUT2D eigenvalue weighted by Crippen LogP contribution is -2.31. The van der Waals surface area contributed by atoms with Crippen molar-refractivity contribution in [2.45, 2.75) is 33.2 Å². The largest absolute Gasteiger partial charge is 0.337 e. The molecule has 130 valence electrons. The lowest BCUT2D eigenvalue weighted by Gasteiger charge is -2.20. The van der Waals surface area contributed by atoms with Gasteiger partial charge in [0.2, 0.25) is 5.89 Å². The van der Waals surface area contributed by atoms with Crippen LogP contribution in [0.3, 0.4) is 0 Å². The zero-order valence-electron chi connectivity index (χ0n) is 14.6. The number of aromatic nitrogens is 4. The third kappa shape index (κ3) is 3.60. The third-order valence-corrected chi connectivity index (χ3v) is 3.88. The van der Waals surface area contributed by atoms with Crippen molar-refractivity contribution in [1.82, 2.24) is 24.8 Å². The molecular weight excluding hydrogens is 318 g/mol. The molecule has 3 aromatic rings. The predicted octanol–water partition coefficient (Wildman–Crippen LogP) is 3.04. The smallest absolute Gasteiger partial charge is 0.256 e. The average Bonchev–Trinajstić information content (AvgIpc) is 3.31. The summed E-state index contributed by atoms with van der Waals surface area (Å²) in [7, 11) is 0. The molecule has 1 aromatic carbocycles. The Morgan fingerprint density at radius 1 is 1.28 bits per heavy atom. The summed E-state index contributed by atoms with van der Waals surface area (Å²) in [5.74, 6) is 1.17. The maximum atomic E-state index is 13.0. The fourth-order valence-electron chi connectivity index (χ4n) is 2.49. The number of amides is 1. The molecule has 2 aromatic heterocycles. The Balaban J connectivity index is 1.85. The normalized spacial score (nSPS) is 11.0. The van der Waals surface area contributed by atoms with E-state index < -0.39 is 0 Å². The predicted molar refractivity (Wildman–Crippen MR) is 92.4 cm³/mol. The van der Waals surface area contributed by atoms with Crippen molar-refractivity contribution in [2.24, 2.45) is 0 Å². The maximum absolute atomic E-state index is 13.0. The van der Waals surface area contributed by atoms with Gasteiger partial charge in [0, 0.05) is 24.9 Å². The first-order chi connectivity index (χ1) is 12.1. The van der Waals surface area contributed by atoms with Crippen LogP contribution in [0.15, 0.2) is 47.2 Å². The number of nitrogens with zero attached hydrogens (tertiary/aromatic N) is 5. The van der Waals surface area contributed by atoms with E-state index in [0.717, 1.165) is 5.69 Å². The van der Waals surface area contributed by atoms with E-state index in [0.29, 0.717) is 23.8 Å². The van der Waals surface area contributed by atoms with Crippen LogP contribution in [0.4, 0.5) is 0 Å². The molecule has 0 N–H and O–H groups in total. The molecule has 7 heteroatoms. The van der Waals surface area contributed by atoms with Gasteiger partial charge in [-0.1, -0.05) is 31.1 Å². The van der Waals surface area contributed by atoms with Gasteiger partial charge in [0.05, 0.1) is 11.3 Å². The molecule has 0 spiro atoms. The van der Waals surface area contributed by atoms with Gasteiger partial charge in [0.15, 0.2) is 5.82 Å².